The molecule has 6 heteroatoms. The van der Waals surface area contributed by atoms with Gasteiger partial charge in [0.2, 0.25) is 10.0 Å². The second kappa shape index (κ2) is 8.23. The molecule has 0 aliphatic heterocycles. The van der Waals surface area contributed by atoms with Crippen molar-refractivity contribution in [3.05, 3.63) is 64.7 Å². The van der Waals surface area contributed by atoms with Crippen LogP contribution in [0.2, 0.25) is 0 Å². The minimum atomic E-state index is -3.45. The summed E-state index contributed by atoms with van der Waals surface area (Å²) in [5.74, 6) is -0.107. The first-order valence-electron chi connectivity index (χ1n) is 9.44. The van der Waals surface area contributed by atoms with Gasteiger partial charge in [-0.25, -0.2) is 8.42 Å². The lowest BCUT2D eigenvalue weighted by molar-refractivity contribution is 0.0951. The molecule has 0 heterocycles. The van der Waals surface area contributed by atoms with Crippen molar-refractivity contribution in [2.75, 3.05) is 13.1 Å². The summed E-state index contributed by atoms with van der Waals surface area (Å²) < 4.78 is 26.4. The van der Waals surface area contributed by atoms with E-state index in [9.17, 15) is 13.2 Å². The number of aryl methyl sites for hydroxylation is 2. The Kier molecular flexibility index (Phi) is 5.97. The fourth-order valence-corrected chi connectivity index (χ4v) is 4.95. The zero-order valence-corrected chi connectivity index (χ0v) is 16.7. The Morgan fingerprint density at radius 1 is 1.00 bits per heavy atom. The van der Waals surface area contributed by atoms with E-state index in [1.54, 1.807) is 24.3 Å². The lowest BCUT2D eigenvalue weighted by Gasteiger charge is -2.18. The van der Waals surface area contributed by atoms with Crippen LogP contribution in [0.1, 0.15) is 47.3 Å². The molecule has 1 N–H and O–H groups in total. The predicted octanol–water partition coefficient (Wildman–Crippen LogP) is 3.14. The van der Waals surface area contributed by atoms with Crippen molar-refractivity contribution in [2.24, 2.45) is 0 Å². The third-order valence-electron chi connectivity index (χ3n) is 5.08. The van der Waals surface area contributed by atoms with Gasteiger partial charge in [-0.15, -0.1) is 0 Å². The zero-order valence-electron chi connectivity index (χ0n) is 15.9. The zero-order chi connectivity index (χ0) is 19.4. The molecule has 144 valence electrons. The quantitative estimate of drug-likeness (QED) is 0.795. The minimum Gasteiger partial charge on any atom is -0.348 e. The molecule has 0 unspecified atom stereocenters. The number of nitrogens with one attached hydrogen (secondary N) is 1. The Morgan fingerprint density at radius 2 is 1.67 bits per heavy atom. The second-order valence-corrected chi connectivity index (χ2v) is 8.69. The highest BCUT2D eigenvalue weighted by Gasteiger charge is 2.21. The average Bonchev–Trinajstić information content (AvgIpc) is 3.15. The lowest BCUT2D eigenvalue weighted by Crippen LogP contribution is -2.30. The van der Waals surface area contributed by atoms with E-state index in [0.717, 1.165) is 24.8 Å². The summed E-state index contributed by atoms with van der Waals surface area (Å²) in [5.41, 5.74) is 4.16. The largest absolute Gasteiger partial charge is 0.348 e. The number of carbonyl (C=O) groups excluding carboxylic acids is 1. The van der Waals surface area contributed by atoms with Gasteiger partial charge in [-0.05, 0) is 60.2 Å². The van der Waals surface area contributed by atoms with Crippen LogP contribution in [0.25, 0.3) is 0 Å². The van der Waals surface area contributed by atoms with Crippen molar-refractivity contribution in [2.45, 2.75) is 44.6 Å². The number of carbonyl (C=O) groups is 1. The third-order valence-corrected chi connectivity index (χ3v) is 7.14. The number of nitrogens with zero attached hydrogens (tertiary/aromatic N) is 1. The Bertz CT molecular complexity index is 917. The topological polar surface area (TPSA) is 66.5 Å². The number of hydrogen-bond donors (Lipinski definition) is 1. The van der Waals surface area contributed by atoms with Crippen LogP contribution in [-0.4, -0.2) is 31.7 Å². The van der Waals surface area contributed by atoms with E-state index in [4.69, 9.17) is 0 Å². The Balaban J connectivity index is 1.64. The molecule has 0 fully saturated rings. The molecular weight excluding hydrogens is 360 g/mol. The van der Waals surface area contributed by atoms with Crippen molar-refractivity contribution in [1.29, 1.82) is 0 Å². The van der Waals surface area contributed by atoms with Crippen molar-refractivity contribution in [3.8, 4) is 0 Å². The third kappa shape index (κ3) is 4.22. The molecule has 1 aliphatic carbocycles. The van der Waals surface area contributed by atoms with Crippen LogP contribution >= 0.6 is 0 Å². The highest BCUT2D eigenvalue weighted by atomic mass is 32.2. The summed E-state index contributed by atoms with van der Waals surface area (Å²) in [7, 11) is -3.45. The van der Waals surface area contributed by atoms with Gasteiger partial charge in [0.05, 0.1) is 4.90 Å². The van der Waals surface area contributed by atoms with Crippen molar-refractivity contribution >= 4 is 15.9 Å². The first-order chi connectivity index (χ1) is 13.0. The molecule has 0 saturated carbocycles. The molecule has 1 amide bonds. The molecule has 3 rings (SSSR count). The fourth-order valence-electron chi connectivity index (χ4n) is 3.49. The average molecular weight is 387 g/mol. The first-order valence-corrected chi connectivity index (χ1v) is 10.9. The Labute approximate surface area is 161 Å². The SMILES string of the molecule is CCN(CC)S(=O)(=O)c1ccc(CNC(=O)c2ccc3c(c2)CCC3)cc1. The van der Waals surface area contributed by atoms with Crippen molar-refractivity contribution in [1.82, 2.24) is 9.62 Å². The van der Waals surface area contributed by atoms with E-state index in [1.807, 2.05) is 32.0 Å². The molecule has 0 spiro atoms. The van der Waals surface area contributed by atoms with Gasteiger partial charge in [0.1, 0.15) is 0 Å². The van der Waals surface area contributed by atoms with Crippen LogP contribution < -0.4 is 5.32 Å². The highest BCUT2D eigenvalue weighted by Crippen LogP contribution is 2.23. The number of fused-ring (bicyclic) bond motifs is 1. The van der Waals surface area contributed by atoms with Gasteiger partial charge < -0.3 is 5.32 Å². The Hall–Kier alpha value is -2.18. The normalized spacial score (nSPS) is 13.6. The van der Waals surface area contributed by atoms with Crippen LogP contribution in [0.5, 0.6) is 0 Å². The van der Waals surface area contributed by atoms with E-state index in [2.05, 4.69) is 5.32 Å². The van der Waals surface area contributed by atoms with Crippen LogP contribution in [0.15, 0.2) is 47.4 Å². The molecule has 0 bridgehead atoms. The van der Waals surface area contributed by atoms with E-state index >= 15 is 0 Å². The standard InChI is InChI=1S/C21H26N2O3S/c1-3-23(4-2)27(25,26)20-12-8-16(9-13-20)15-22-21(24)19-11-10-17-6-5-7-18(17)14-19/h8-14H,3-7,15H2,1-2H3,(H,22,24). The maximum atomic E-state index is 12.5. The predicted molar refractivity (Wildman–Crippen MR) is 106 cm³/mol. The maximum Gasteiger partial charge on any atom is 0.251 e. The van der Waals surface area contributed by atoms with E-state index in [1.165, 1.54) is 15.4 Å². The molecule has 0 atom stereocenters. The smallest absolute Gasteiger partial charge is 0.251 e. The van der Waals surface area contributed by atoms with Crippen LogP contribution in [0.4, 0.5) is 0 Å². The van der Waals surface area contributed by atoms with Crippen molar-refractivity contribution in [3.63, 3.8) is 0 Å². The summed E-state index contributed by atoms with van der Waals surface area (Å²) in [6.07, 6.45) is 3.29. The molecule has 0 aromatic heterocycles. The van der Waals surface area contributed by atoms with Gasteiger partial charge in [0.25, 0.3) is 5.91 Å². The molecule has 2 aromatic carbocycles. The number of benzene rings is 2. The number of hydrogen-bond acceptors (Lipinski definition) is 3. The highest BCUT2D eigenvalue weighted by molar-refractivity contribution is 7.89. The number of sulfonamides is 1. The van der Waals surface area contributed by atoms with Gasteiger partial charge in [-0.1, -0.05) is 32.0 Å². The van der Waals surface area contributed by atoms with Gasteiger partial charge in [-0.3, -0.25) is 4.79 Å². The van der Waals surface area contributed by atoms with E-state index in [-0.39, 0.29) is 10.8 Å². The number of amides is 1. The second-order valence-electron chi connectivity index (χ2n) is 6.75. The molecule has 0 saturated heterocycles. The van der Waals surface area contributed by atoms with Gasteiger partial charge >= 0.3 is 0 Å². The van der Waals surface area contributed by atoms with Crippen molar-refractivity contribution < 1.29 is 13.2 Å². The Morgan fingerprint density at radius 3 is 2.33 bits per heavy atom. The van der Waals surface area contributed by atoms with Gasteiger partial charge in [-0.2, -0.15) is 4.31 Å². The van der Waals surface area contributed by atoms with E-state index in [0.29, 0.717) is 25.2 Å². The molecule has 1 aliphatic rings. The minimum absolute atomic E-state index is 0.107. The maximum absolute atomic E-state index is 12.5. The monoisotopic (exact) mass is 386 g/mol. The lowest BCUT2D eigenvalue weighted by atomic mass is 10.1. The summed E-state index contributed by atoms with van der Waals surface area (Å²) >= 11 is 0. The fraction of sp³-hybridized carbons (Fsp3) is 0.381. The van der Waals surface area contributed by atoms with Gasteiger partial charge in [0, 0.05) is 25.2 Å². The molecule has 2 aromatic rings. The van der Waals surface area contributed by atoms with Crippen LogP contribution in [0, 0.1) is 0 Å². The number of rotatable bonds is 7. The molecule has 0 radical (unpaired) electrons. The van der Waals surface area contributed by atoms with E-state index < -0.39 is 10.0 Å². The molecular formula is C21H26N2O3S. The van der Waals surface area contributed by atoms with Gasteiger partial charge in [0.15, 0.2) is 0 Å². The first kappa shape index (κ1) is 19.6. The summed E-state index contributed by atoms with van der Waals surface area (Å²) in [5, 5.41) is 2.91. The van der Waals surface area contributed by atoms with Crippen LogP contribution in [0.3, 0.4) is 0 Å². The summed E-state index contributed by atoms with van der Waals surface area (Å²) in [6.45, 7) is 4.89. The summed E-state index contributed by atoms with van der Waals surface area (Å²) in [6, 6.07) is 12.6. The van der Waals surface area contributed by atoms with Crippen LogP contribution in [-0.2, 0) is 29.4 Å². The molecule has 27 heavy (non-hydrogen) atoms. The molecule has 5 nitrogen and oxygen atoms in total. The summed E-state index contributed by atoms with van der Waals surface area (Å²) in [4.78, 5) is 12.7.